The van der Waals surface area contributed by atoms with E-state index in [1.807, 2.05) is 18.2 Å². The molecule has 0 spiro atoms. The Morgan fingerprint density at radius 3 is 2.85 bits per heavy atom. The first-order valence-electron chi connectivity index (χ1n) is 11.6. The van der Waals surface area contributed by atoms with Crippen LogP contribution < -0.4 is 10.1 Å². The highest BCUT2D eigenvalue weighted by molar-refractivity contribution is 5.76. The van der Waals surface area contributed by atoms with Gasteiger partial charge in [-0.05, 0) is 71.7 Å². The number of allylic oxidation sites excluding steroid dienone is 2. The van der Waals surface area contributed by atoms with Gasteiger partial charge in [-0.3, -0.25) is 10.1 Å². The summed E-state index contributed by atoms with van der Waals surface area (Å²) in [5.74, 6) is 1.41. The SMILES string of the molecule is COC(=O)C1Cc2cccc3c2C1Cc1ccc(OCCCNC2=CCC=C[N+]2=O)cc1C3. The van der Waals surface area contributed by atoms with Crippen LogP contribution in [-0.4, -0.2) is 31.0 Å². The standard InChI is InChI=1S/C27H29N2O4/c1-32-27(30)24-17-20-7-4-6-19-14-21-15-22(10-9-18(21)16-23(24)26(19)20)33-13-5-11-28-25-8-2-3-12-29(25)31/h3-4,6-10,12,15,23-24,28H,2,5,11,13-14,16-17H2,1H3/q+1. The van der Waals surface area contributed by atoms with Gasteiger partial charge in [-0.15, -0.1) is 0 Å². The molecule has 0 saturated heterocycles. The predicted octanol–water partition coefficient (Wildman–Crippen LogP) is 4.16. The number of hydrogen-bond donors (Lipinski definition) is 1. The number of rotatable bonds is 7. The number of carbonyl (C=O) groups excluding carboxylic acids is 1. The lowest BCUT2D eigenvalue weighted by Gasteiger charge is -2.19. The molecule has 2 unspecified atom stereocenters. The Kier molecular flexibility index (Phi) is 5.99. The third-order valence-corrected chi connectivity index (χ3v) is 6.91. The van der Waals surface area contributed by atoms with Gasteiger partial charge in [-0.25, -0.2) is 0 Å². The van der Waals surface area contributed by atoms with Crippen LogP contribution in [0.3, 0.4) is 0 Å². The number of benzene rings is 2. The summed E-state index contributed by atoms with van der Waals surface area (Å²) in [6, 6.07) is 12.8. The van der Waals surface area contributed by atoms with Crippen LogP contribution in [0.5, 0.6) is 5.75 Å². The van der Waals surface area contributed by atoms with Gasteiger partial charge in [0.05, 0.1) is 26.2 Å². The molecule has 0 fully saturated rings. The first kappa shape index (κ1) is 21.4. The highest BCUT2D eigenvalue weighted by atomic mass is 16.5. The minimum atomic E-state index is -0.112. The quantitative estimate of drug-likeness (QED) is 0.394. The van der Waals surface area contributed by atoms with Crippen molar-refractivity contribution in [2.24, 2.45) is 5.92 Å². The summed E-state index contributed by atoms with van der Waals surface area (Å²) in [6.45, 7) is 1.25. The summed E-state index contributed by atoms with van der Waals surface area (Å²) in [7, 11) is 1.48. The zero-order valence-electron chi connectivity index (χ0n) is 18.9. The van der Waals surface area contributed by atoms with Crippen LogP contribution in [0.2, 0.25) is 0 Å². The first-order chi connectivity index (χ1) is 16.1. The van der Waals surface area contributed by atoms with E-state index in [1.165, 1.54) is 41.1 Å². The van der Waals surface area contributed by atoms with Gasteiger partial charge >= 0.3 is 11.8 Å². The van der Waals surface area contributed by atoms with Crippen LogP contribution in [0.15, 0.2) is 60.6 Å². The van der Waals surface area contributed by atoms with Crippen molar-refractivity contribution in [1.82, 2.24) is 5.32 Å². The van der Waals surface area contributed by atoms with Crippen molar-refractivity contribution in [2.45, 2.75) is 38.0 Å². The van der Waals surface area contributed by atoms with Gasteiger partial charge in [0.25, 0.3) is 0 Å². The first-order valence-corrected chi connectivity index (χ1v) is 11.6. The van der Waals surface area contributed by atoms with E-state index in [0.29, 0.717) is 19.0 Å². The maximum Gasteiger partial charge on any atom is 0.315 e. The number of esters is 1. The van der Waals surface area contributed by atoms with Gasteiger partial charge < -0.3 is 9.47 Å². The van der Waals surface area contributed by atoms with Crippen LogP contribution in [-0.2, 0) is 28.8 Å². The molecule has 3 aliphatic rings. The van der Waals surface area contributed by atoms with Crippen molar-refractivity contribution in [2.75, 3.05) is 20.3 Å². The predicted molar refractivity (Wildman–Crippen MR) is 125 cm³/mol. The van der Waals surface area contributed by atoms with E-state index in [9.17, 15) is 9.70 Å². The largest absolute Gasteiger partial charge is 0.493 e. The minimum absolute atomic E-state index is 0.111. The van der Waals surface area contributed by atoms with Crippen molar-refractivity contribution >= 4 is 5.97 Å². The van der Waals surface area contributed by atoms with Gasteiger partial charge in [0.1, 0.15) is 11.9 Å². The molecule has 1 aliphatic heterocycles. The molecule has 0 amide bonds. The lowest BCUT2D eigenvalue weighted by molar-refractivity contribution is -0.433. The molecule has 0 bridgehead atoms. The second-order valence-corrected chi connectivity index (χ2v) is 8.91. The Balaban J connectivity index is 1.25. The number of nitrogens with one attached hydrogen (secondary N) is 1. The minimum Gasteiger partial charge on any atom is -0.493 e. The molecule has 1 heterocycles. The Hall–Kier alpha value is -3.41. The maximum atomic E-state index is 12.5. The summed E-state index contributed by atoms with van der Waals surface area (Å²) in [5, 5.41) is 3.17. The Labute approximate surface area is 193 Å². The van der Waals surface area contributed by atoms with E-state index in [1.54, 1.807) is 0 Å². The fraction of sp³-hybridized carbons (Fsp3) is 0.370. The number of nitrogens with zero attached hydrogens (tertiary/aromatic N) is 1. The topological polar surface area (TPSA) is 67.6 Å². The normalized spacial score (nSPS) is 20.4. The number of hydrogen-bond acceptors (Lipinski definition) is 5. The Morgan fingerprint density at radius 2 is 2.00 bits per heavy atom. The number of methoxy groups -OCH3 is 1. The van der Waals surface area contributed by atoms with Gasteiger partial charge in [0.15, 0.2) is 0 Å². The molecule has 1 N–H and O–H groups in total. The van der Waals surface area contributed by atoms with Crippen LogP contribution in [0.25, 0.3) is 0 Å². The summed E-state index contributed by atoms with van der Waals surface area (Å²) in [4.78, 5) is 24.2. The fourth-order valence-electron chi connectivity index (χ4n) is 5.33. The van der Waals surface area contributed by atoms with Crippen molar-refractivity contribution in [3.8, 4) is 5.75 Å². The molecule has 170 valence electrons. The third kappa shape index (κ3) is 4.30. The van der Waals surface area contributed by atoms with Crippen molar-refractivity contribution in [1.29, 1.82) is 0 Å². The van der Waals surface area contributed by atoms with Gasteiger partial charge in [-0.1, -0.05) is 29.2 Å². The molecule has 33 heavy (non-hydrogen) atoms. The average molecular weight is 446 g/mol. The molecule has 2 aliphatic carbocycles. The molecule has 0 saturated carbocycles. The second-order valence-electron chi connectivity index (χ2n) is 8.91. The van der Waals surface area contributed by atoms with E-state index in [2.05, 4.69) is 35.6 Å². The van der Waals surface area contributed by atoms with Crippen molar-refractivity contribution < 1.29 is 19.0 Å². The highest BCUT2D eigenvalue weighted by Gasteiger charge is 2.40. The zero-order valence-corrected chi connectivity index (χ0v) is 18.9. The van der Waals surface area contributed by atoms with E-state index in [4.69, 9.17) is 9.47 Å². The molecule has 0 aromatic heterocycles. The van der Waals surface area contributed by atoms with Crippen LogP contribution >= 0.6 is 0 Å². The number of nitroso groups, excluding NO2 is 1. The number of fused-ring (bicyclic) bond motifs is 1. The van der Waals surface area contributed by atoms with Crippen molar-refractivity contribution in [3.05, 3.63) is 93.3 Å². The number of ether oxygens (including phenoxy) is 2. The molecule has 6 nitrogen and oxygen atoms in total. The van der Waals surface area contributed by atoms with E-state index in [-0.39, 0.29) is 17.8 Å². The van der Waals surface area contributed by atoms with E-state index >= 15 is 0 Å². The summed E-state index contributed by atoms with van der Waals surface area (Å²) >= 11 is 0. The monoisotopic (exact) mass is 445 g/mol. The molecule has 6 heteroatoms. The maximum absolute atomic E-state index is 12.5. The summed E-state index contributed by atoms with van der Waals surface area (Å²) in [5.41, 5.74) is 6.47. The fourth-order valence-corrected chi connectivity index (χ4v) is 5.33. The Morgan fingerprint density at radius 1 is 1.12 bits per heavy atom. The lowest BCUT2D eigenvalue weighted by Crippen LogP contribution is -2.23. The third-order valence-electron chi connectivity index (χ3n) is 6.91. The highest BCUT2D eigenvalue weighted by Crippen LogP contribution is 2.45. The zero-order chi connectivity index (χ0) is 22.8. The van der Waals surface area contributed by atoms with E-state index < -0.39 is 0 Å². The summed E-state index contributed by atoms with van der Waals surface area (Å²) in [6.07, 6.45) is 9.28. The molecule has 2 atom stereocenters. The smallest absolute Gasteiger partial charge is 0.315 e. The van der Waals surface area contributed by atoms with Crippen LogP contribution in [0.4, 0.5) is 0 Å². The van der Waals surface area contributed by atoms with Crippen LogP contribution in [0, 0.1) is 10.8 Å². The van der Waals surface area contributed by atoms with Crippen molar-refractivity contribution in [3.63, 3.8) is 0 Å². The van der Waals surface area contributed by atoms with E-state index in [0.717, 1.165) is 42.6 Å². The molecule has 5 rings (SSSR count). The molecule has 0 radical (unpaired) electrons. The molecular weight excluding hydrogens is 416 g/mol. The summed E-state index contributed by atoms with van der Waals surface area (Å²) < 4.78 is 12.0. The molecule has 2 aromatic carbocycles. The lowest BCUT2D eigenvalue weighted by atomic mass is 9.86. The van der Waals surface area contributed by atoms with Crippen LogP contribution in [0.1, 0.15) is 46.6 Å². The van der Waals surface area contributed by atoms with Gasteiger partial charge in [-0.2, -0.15) is 0 Å². The molecule has 2 aromatic rings. The van der Waals surface area contributed by atoms with Gasteiger partial charge in [0, 0.05) is 23.2 Å². The van der Waals surface area contributed by atoms with Gasteiger partial charge in [0.2, 0.25) is 0 Å². The second kappa shape index (κ2) is 9.22. The average Bonchev–Trinajstić information content (AvgIpc) is 3.11. The molecular formula is C27H29N2O4+. The number of carbonyl (C=O) groups is 1. The Bertz CT molecular complexity index is 1150.